The van der Waals surface area contributed by atoms with Crippen LogP contribution in [-0.2, 0) is 15.1 Å². The Kier molecular flexibility index (Phi) is 6.20. The zero-order chi connectivity index (χ0) is 24.5. The minimum Gasteiger partial charge on any atom is -0.356 e. The van der Waals surface area contributed by atoms with Gasteiger partial charge < -0.3 is 15.0 Å². The van der Waals surface area contributed by atoms with Gasteiger partial charge in [0.15, 0.2) is 0 Å². The zero-order valence-electron chi connectivity index (χ0n) is 17.7. The number of H-pyrrole nitrogens is 1. The Balaban J connectivity index is 1.88. The third-order valence-corrected chi connectivity index (χ3v) is 5.70. The monoisotopic (exact) mass is 486 g/mol. The molecule has 1 atom stereocenters. The minimum atomic E-state index is -5.10. The van der Waals surface area contributed by atoms with Crippen molar-refractivity contribution in [3.63, 3.8) is 0 Å². The third kappa shape index (κ3) is 3.95. The molecule has 0 aliphatic heterocycles. The van der Waals surface area contributed by atoms with Gasteiger partial charge in [0.1, 0.15) is 5.69 Å². The summed E-state index contributed by atoms with van der Waals surface area (Å²) in [6.45, 7) is 0. The number of fused-ring (bicyclic) bond motifs is 1. The number of benzene rings is 3. The van der Waals surface area contributed by atoms with Gasteiger partial charge in [-0.3, -0.25) is 9.59 Å². The summed E-state index contributed by atoms with van der Waals surface area (Å²) in [5.74, 6) is -2.01. The van der Waals surface area contributed by atoms with Crippen LogP contribution in [0.1, 0.15) is 21.6 Å². The van der Waals surface area contributed by atoms with Gasteiger partial charge in [0, 0.05) is 34.2 Å². The number of ether oxygens (including phenoxy) is 1. The lowest BCUT2D eigenvalue weighted by molar-refractivity contribution is -0.263. The van der Waals surface area contributed by atoms with Crippen LogP contribution in [-0.4, -0.2) is 30.0 Å². The van der Waals surface area contributed by atoms with E-state index >= 15 is 0 Å². The van der Waals surface area contributed by atoms with Crippen molar-refractivity contribution in [2.45, 2.75) is 11.8 Å². The van der Waals surface area contributed by atoms with Crippen molar-refractivity contribution >= 4 is 39.9 Å². The van der Waals surface area contributed by atoms with Gasteiger partial charge in [-0.2, -0.15) is 13.2 Å². The molecule has 3 aromatic carbocycles. The van der Waals surface area contributed by atoms with Gasteiger partial charge in [-0.15, -0.1) is 0 Å². The van der Waals surface area contributed by atoms with Crippen LogP contribution in [0.15, 0.2) is 78.9 Å². The highest BCUT2D eigenvalue weighted by Crippen LogP contribution is 2.43. The minimum absolute atomic E-state index is 0.0861. The molecule has 9 heteroatoms. The van der Waals surface area contributed by atoms with E-state index in [1.165, 1.54) is 36.4 Å². The first kappa shape index (κ1) is 23.5. The second kappa shape index (κ2) is 8.96. The number of amides is 1. The summed E-state index contributed by atoms with van der Waals surface area (Å²) in [6, 6.07) is 19.3. The molecular formula is C25H18ClF3N2O3. The maximum Gasteiger partial charge on any atom is 0.430 e. The van der Waals surface area contributed by atoms with Gasteiger partial charge in [-0.1, -0.05) is 72.3 Å². The van der Waals surface area contributed by atoms with E-state index in [9.17, 15) is 22.8 Å². The Morgan fingerprint density at radius 3 is 2.15 bits per heavy atom. The molecule has 2 N–H and O–H groups in total. The van der Waals surface area contributed by atoms with Crippen molar-refractivity contribution in [2.24, 2.45) is 0 Å². The predicted molar refractivity (Wildman–Crippen MR) is 123 cm³/mol. The van der Waals surface area contributed by atoms with Gasteiger partial charge in [0.05, 0.1) is 5.69 Å². The van der Waals surface area contributed by atoms with Gasteiger partial charge >= 0.3 is 6.18 Å². The first-order valence-electron chi connectivity index (χ1n) is 10.1. The largest absolute Gasteiger partial charge is 0.430 e. The van der Waals surface area contributed by atoms with E-state index in [2.05, 4.69) is 10.3 Å². The number of ketones is 1. The Bertz CT molecular complexity index is 1350. The normalized spacial score (nSPS) is 13.4. The molecule has 34 heavy (non-hydrogen) atoms. The summed E-state index contributed by atoms with van der Waals surface area (Å²) in [5.41, 5.74) is -3.24. The molecule has 4 aromatic rings. The molecule has 0 saturated carbocycles. The fourth-order valence-electron chi connectivity index (χ4n) is 3.83. The van der Waals surface area contributed by atoms with E-state index in [1.54, 1.807) is 30.3 Å². The molecule has 0 saturated heterocycles. The number of carbonyl (C=O) groups is 2. The van der Waals surface area contributed by atoms with E-state index in [-0.39, 0.29) is 16.9 Å². The number of methoxy groups -OCH3 is 1. The number of halogens is 4. The van der Waals surface area contributed by atoms with Gasteiger partial charge in [0.2, 0.25) is 5.78 Å². The van der Waals surface area contributed by atoms with Crippen molar-refractivity contribution in [2.75, 3.05) is 12.4 Å². The lowest BCUT2D eigenvalue weighted by Gasteiger charge is -2.33. The molecule has 4 rings (SSSR count). The van der Waals surface area contributed by atoms with E-state index in [0.717, 1.165) is 19.2 Å². The van der Waals surface area contributed by atoms with Crippen LogP contribution in [0.2, 0.25) is 5.02 Å². The van der Waals surface area contributed by atoms with Crippen molar-refractivity contribution < 1.29 is 27.5 Å². The van der Waals surface area contributed by atoms with E-state index < -0.39 is 29.0 Å². The summed E-state index contributed by atoms with van der Waals surface area (Å²) < 4.78 is 47.9. The highest BCUT2D eigenvalue weighted by Gasteiger charge is 2.62. The fraction of sp³-hybridized carbons (Fsp3) is 0.120. The molecule has 174 valence electrons. The second-order valence-electron chi connectivity index (χ2n) is 7.46. The number of alkyl halides is 3. The molecule has 1 heterocycles. The molecule has 0 fully saturated rings. The van der Waals surface area contributed by atoms with Gasteiger partial charge in [-0.25, -0.2) is 0 Å². The summed E-state index contributed by atoms with van der Waals surface area (Å²) in [5, 5.41) is 2.98. The molecule has 5 nitrogen and oxygen atoms in total. The lowest BCUT2D eigenvalue weighted by Crippen LogP contribution is -2.53. The number of aromatic amines is 1. The summed E-state index contributed by atoms with van der Waals surface area (Å²) in [7, 11) is 0.811. The molecule has 0 radical (unpaired) electrons. The van der Waals surface area contributed by atoms with Crippen molar-refractivity contribution in [3.05, 3.63) is 101 Å². The van der Waals surface area contributed by atoms with Crippen LogP contribution < -0.4 is 5.32 Å². The van der Waals surface area contributed by atoms with Crippen LogP contribution in [0.4, 0.5) is 18.9 Å². The fourth-order valence-corrected chi connectivity index (χ4v) is 4.00. The Labute approximate surface area is 197 Å². The van der Waals surface area contributed by atoms with Crippen LogP contribution in [0.5, 0.6) is 0 Å². The maximum absolute atomic E-state index is 14.4. The number of hydrogen-bond acceptors (Lipinski definition) is 3. The second-order valence-corrected chi connectivity index (χ2v) is 7.90. The van der Waals surface area contributed by atoms with E-state index in [1.807, 2.05) is 0 Å². The van der Waals surface area contributed by atoms with Gasteiger partial charge in [0.25, 0.3) is 11.5 Å². The van der Waals surface area contributed by atoms with Crippen LogP contribution in [0.3, 0.4) is 0 Å². The van der Waals surface area contributed by atoms with Gasteiger partial charge in [-0.05, 0) is 18.2 Å². The van der Waals surface area contributed by atoms with Crippen LogP contribution in [0, 0.1) is 0 Å². The van der Waals surface area contributed by atoms with E-state index in [4.69, 9.17) is 16.3 Å². The highest BCUT2D eigenvalue weighted by molar-refractivity contribution is 6.31. The number of aromatic nitrogens is 1. The molecule has 1 amide bonds. The molecule has 0 aliphatic rings. The summed E-state index contributed by atoms with van der Waals surface area (Å²) in [4.78, 5) is 29.4. The van der Waals surface area contributed by atoms with Crippen molar-refractivity contribution in [1.82, 2.24) is 4.98 Å². The Hall–Kier alpha value is -3.62. The summed E-state index contributed by atoms with van der Waals surface area (Å²) in [6.07, 6.45) is -5.10. The SMILES string of the molecule is CO[C@@](C(=O)Nc1c(C(=O)c2ccccc2)[nH]c2cc(Cl)ccc12)(c1ccccc1)C(F)(F)F. The Morgan fingerprint density at radius 2 is 1.56 bits per heavy atom. The third-order valence-electron chi connectivity index (χ3n) is 5.47. The molecule has 0 aliphatic carbocycles. The predicted octanol–water partition coefficient (Wildman–Crippen LogP) is 6.10. The molecule has 1 aromatic heterocycles. The molecule has 0 spiro atoms. The number of carbonyl (C=O) groups excluding carboxylic acids is 2. The average Bonchev–Trinajstić information content (AvgIpc) is 3.17. The molecule has 0 bridgehead atoms. The lowest BCUT2D eigenvalue weighted by atomic mass is 9.91. The van der Waals surface area contributed by atoms with Crippen LogP contribution in [0.25, 0.3) is 10.9 Å². The first-order chi connectivity index (χ1) is 16.2. The number of hydrogen-bond donors (Lipinski definition) is 2. The molecular weight excluding hydrogens is 469 g/mol. The number of nitrogens with one attached hydrogen (secondary N) is 2. The maximum atomic E-state index is 14.4. The van der Waals surface area contributed by atoms with Crippen LogP contribution >= 0.6 is 11.6 Å². The topological polar surface area (TPSA) is 71.2 Å². The number of anilines is 1. The quantitative estimate of drug-likeness (QED) is 0.324. The average molecular weight is 487 g/mol. The smallest absolute Gasteiger partial charge is 0.356 e. The van der Waals surface area contributed by atoms with Crippen molar-refractivity contribution in [3.8, 4) is 0 Å². The first-order valence-corrected chi connectivity index (χ1v) is 10.5. The zero-order valence-corrected chi connectivity index (χ0v) is 18.5. The van der Waals surface area contributed by atoms with Crippen molar-refractivity contribution in [1.29, 1.82) is 0 Å². The highest BCUT2D eigenvalue weighted by atomic mass is 35.5. The summed E-state index contributed by atoms with van der Waals surface area (Å²) >= 11 is 6.06. The molecule has 0 unspecified atom stereocenters. The number of rotatable bonds is 6. The Morgan fingerprint density at radius 1 is 0.941 bits per heavy atom. The van der Waals surface area contributed by atoms with E-state index in [0.29, 0.717) is 15.9 Å². The standard InChI is InChI=1S/C25H18ClF3N2O3/c1-34-24(25(27,28)29,16-10-6-3-7-11-16)23(33)31-20-18-13-12-17(26)14-19(18)30-21(20)22(32)15-8-4-2-5-9-15/h2-14,30H,1H3,(H,31,33)/t24-/m1/s1.